The van der Waals surface area contributed by atoms with Crippen LogP contribution in [-0.4, -0.2) is 5.11 Å². The van der Waals surface area contributed by atoms with Crippen molar-refractivity contribution in [2.45, 2.75) is 6.54 Å². The summed E-state index contributed by atoms with van der Waals surface area (Å²) in [5, 5.41) is 7.50. The van der Waals surface area contributed by atoms with E-state index in [-0.39, 0.29) is 5.82 Å². The largest absolute Gasteiger partial charge is 0.358 e. The molecule has 0 aliphatic carbocycles. The summed E-state index contributed by atoms with van der Waals surface area (Å²) in [5.41, 5.74) is 1.64. The predicted octanol–water partition coefficient (Wildman–Crippen LogP) is 4.62. The van der Waals surface area contributed by atoms with Gasteiger partial charge in [-0.1, -0.05) is 35.3 Å². The Balaban J connectivity index is 1.90. The third kappa shape index (κ3) is 4.63. The Bertz CT molecular complexity index is 597. The molecule has 20 heavy (non-hydrogen) atoms. The van der Waals surface area contributed by atoms with E-state index in [0.29, 0.717) is 27.4 Å². The molecule has 0 atom stereocenters. The first-order chi connectivity index (χ1) is 9.52. The van der Waals surface area contributed by atoms with Crippen LogP contribution in [0.4, 0.5) is 10.1 Å². The fourth-order valence-corrected chi connectivity index (χ4v) is 2.30. The van der Waals surface area contributed by atoms with Gasteiger partial charge >= 0.3 is 0 Å². The lowest BCUT2D eigenvalue weighted by atomic mass is 10.2. The zero-order valence-corrected chi connectivity index (χ0v) is 12.6. The van der Waals surface area contributed by atoms with E-state index in [4.69, 9.17) is 35.4 Å². The van der Waals surface area contributed by atoms with E-state index in [1.807, 2.05) is 0 Å². The maximum Gasteiger partial charge on any atom is 0.171 e. The summed E-state index contributed by atoms with van der Waals surface area (Å²) in [6.45, 7) is 0.500. The maximum atomic E-state index is 12.8. The van der Waals surface area contributed by atoms with Gasteiger partial charge in [0.05, 0.1) is 0 Å². The van der Waals surface area contributed by atoms with Crippen molar-refractivity contribution < 1.29 is 4.39 Å². The van der Waals surface area contributed by atoms with Crippen molar-refractivity contribution >= 4 is 46.2 Å². The van der Waals surface area contributed by atoms with Crippen LogP contribution in [-0.2, 0) is 6.54 Å². The average molecular weight is 329 g/mol. The highest BCUT2D eigenvalue weighted by molar-refractivity contribution is 7.80. The smallest absolute Gasteiger partial charge is 0.171 e. The van der Waals surface area contributed by atoms with Gasteiger partial charge in [0.2, 0.25) is 0 Å². The minimum Gasteiger partial charge on any atom is -0.358 e. The third-order valence-corrected chi connectivity index (χ3v) is 3.17. The molecule has 2 aromatic carbocycles. The minimum absolute atomic E-state index is 0.261. The molecular weight excluding hydrogens is 318 g/mol. The summed E-state index contributed by atoms with van der Waals surface area (Å²) < 4.78 is 12.8. The third-order valence-electron chi connectivity index (χ3n) is 2.49. The number of hydrogen-bond acceptors (Lipinski definition) is 1. The monoisotopic (exact) mass is 328 g/mol. The lowest BCUT2D eigenvalue weighted by molar-refractivity contribution is 0.627. The van der Waals surface area contributed by atoms with Crippen LogP contribution in [0.1, 0.15) is 5.56 Å². The van der Waals surface area contributed by atoms with Crippen LogP contribution in [0.2, 0.25) is 10.0 Å². The van der Waals surface area contributed by atoms with Crippen LogP contribution in [0.3, 0.4) is 0 Å². The number of nitrogens with one attached hydrogen (secondary N) is 2. The normalized spacial score (nSPS) is 10.2. The molecule has 2 rings (SSSR count). The van der Waals surface area contributed by atoms with Crippen LogP contribution in [0.25, 0.3) is 0 Å². The van der Waals surface area contributed by atoms with Gasteiger partial charge in [0.25, 0.3) is 0 Å². The van der Waals surface area contributed by atoms with E-state index in [9.17, 15) is 4.39 Å². The molecule has 0 aliphatic heterocycles. The molecule has 0 aromatic heterocycles. The Morgan fingerprint density at radius 1 is 1.05 bits per heavy atom. The fraction of sp³-hybridized carbons (Fsp3) is 0.0714. The molecule has 2 aromatic rings. The minimum atomic E-state index is -0.261. The van der Waals surface area contributed by atoms with Crippen molar-refractivity contribution in [3.8, 4) is 0 Å². The van der Waals surface area contributed by atoms with E-state index >= 15 is 0 Å². The summed E-state index contributed by atoms with van der Waals surface area (Å²) >= 11 is 17.0. The second kappa shape index (κ2) is 6.88. The zero-order chi connectivity index (χ0) is 14.5. The molecule has 0 saturated heterocycles. The standard InChI is InChI=1S/C14H11Cl2FN2S/c15-10-5-11(16)7-13(6-10)19-14(20)18-8-9-1-3-12(17)4-2-9/h1-7H,8H2,(H2,18,19,20). The molecule has 2 nitrogen and oxygen atoms in total. The Morgan fingerprint density at radius 2 is 1.65 bits per heavy atom. The van der Waals surface area contributed by atoms with Gasteiger partial charge in [-0.2, -0.15) is 0 Å². The molecular formula is C14H11Cl2FN2S. The Hall–Kier alpha value is -1.36. The van der Waals surface area contributed by atoms with Crippen LogP contribution >= 0.6 is 35.4 Å². The van der Waals surface area contributed by atoms with Crippen molar-refractivity contribution in [3.05, 3.63) is 63.9 Å². The highest BCUT2D eigenvalue weighted by Crippen LogP contribution is 2.22. The van der Waals surface area contributed by atoms with E-state index in [2.05, 4.69) is 10.6 Å². The topological polar surface area (TPSA) is 24.1 Å². The molecule has 0 spiro atoms. The zero-order valence-electron chi connectivity index (χ0n) is 10.3. The van der Waals surface area contributed by atoms with Gasteiger partial charge in [-0.25, -0.2) is 4.39 Å². The van der Waals surface area contributed by atoms with Gasteiger partial charge in [0, 0.05) is 22.3 Å². The molecule has 0 unspecified atom stereocenters. The van der Waals surface area contributed by atoms with E-state index in [1.54, 1.807) is 30.3 Å². The summed E-state index contributed by atoms with van der Waals surface area (Å²) in [5.74, 6) is -0.261. The summed E-state index contributed by atoms with van der Waals surface area (Å²) in [6, 6.07) is 11.3. The quantitative estimate of drug-likeness (QED) is 0.804. The number of halogens is 3. The number of anilines is 1. The number of rotatable bonds is 3. The number of benzene rings is 2. The van der Waals surface area contributed by atoms with Gasteiger partial charge in [0.15, 0.2) is 5.11 Å². The molecule has 2 N–H and O–H groups in total. The fourth-order valence-electron chi connectivity index (χ4n) is 1.59. The predicted molar refractivity (Wildman–Crippen MR) is 85.9 cm³/mol. The van der Waals surface area contributed by atoms with Crippen molar-refractivity contribution in [1.82, 2.24) is 5.32 Å². The summed E-state index contributed by atoms with van der Waals surface area (Å²) in [6.07, 6.45) is 0. The first-order valence-corrected chi connectivity index (χ1v) is 6.95. The second-order valence-electron chi connectivity index (χ2n) is 4.09. The molecule has 6 heteroatoms. The molecule has 0 heterocycles. The highest BCUT2D eigenvalue weighted by atomic mass is 35.5. The van der Waals surface area contributed by atoms with Crippen molar-refractivity contribution in [2.24, 2.45) is 0 Å². The van der Waals surface area contributed by atoms with Crippen LogP contribution in [0.5, 0.6) is 0 Å². The van der Waals surface area contributed by atoms with E-state index in [0.717, 1.165) is 5.56 Å². The summed E-state index contributed by atoms with van der Waals surface area (Å²) in [4.78, 5) is 0. The van der Waals surface area contributed by atoms with Gasteiger partial charge in [-0.05, 0) is 48.1 Å². The van der Waals surface area contributed by atoms with Crippen molar-refractivity contribution in [1.29, 1.82) is 0 Å². The lowest BCUT2D eigenvalue weighted by Crippen LogP contribution is -2.27. The van der Waals surface area contributed by atoms with Crippen LogP contribution in [0.15, 0.2) is 42.5 Å². The molecule has 0 aliphatic rings. The van der Waals surface area contributed by atoms with Crippen molar-refractivity contribution in [2.75, 3.05) is 5.32 Å². The van der Waals surface area contributed by atoms with Crippen molar-refractivity contribution in [3.63, 3.8) is 0 Å². The molecule has 0 saturated carbocycles. The Labute approximate surface area is 131 Å². The Kier molecular flexibility index (Phi) is 5.17. The van der Waals surface area contributed by atoms with E-state index < -0.39 is 0 Å². The van der Waals surface area contributed by atoms with Crippen LogP contribution < -0.4 is 10.6 Å². The number of thiocarbonyl (C=S) groups is 1. The first kappa shape index (κ1) is 15.0. The van der Waals surface area contributed by atoms with Crippen LogP contribution in [0, 0.1) is 5.82 Å². The molecule has 0 radical (unpaired) electrons. The molecule has 0 fully saturated rings. The van der Waals surface area contributed by atoms with Gasteiger partial charge in [-0.3, -0.25) is 0 Å². The molecule has 0 amide bonds. The summed E-state index contributed by atoms with van der Waals surface area (Å²) in [7, 11) is 0. The van der Waals surface area contributed by atoms with Gasteiger partial charge in [0.1, 0.15) is 5.82 Å². The Morgan fingerprint density at radius 3 is 2.25 bits per heavy atom. The molecule has 104 valence electrons. The number of hydrogen-bond donors (Lipinski definition) is 2. The van der Waals surface area contributed by atoms with E-state index in [1.165, 1.54) is 12.1 Å². The van der Waals surface area contributed by atoms with Gasteiger partial charge in [-0.15, -0.1) is 0 Å². The van der Waals surface area contributed by atoms with Gasteiger partial charge < -0.3 is 10.6 Å². The average Bonchev–Trinajstić information content (AvgIpc) is 2.37. The second-order valence-corrected chi connectivity index (χ2v) is 5.37. The lowest BCUT2D eigenvalue weighted by Gasteiger charge is -2.11. The maximum absolute atomic E-state index is 12.8. The molecule has 0 bridgehead atoms. The first-order valence-electron chi connectivity index (χ1n) is 5.78. The SMILES string of the molecule is Fc1ccc(CNC(=S)Nc2cc(Cl)cc(Cl)c2)cc1. The highest BCUT2D eigenvalue weighted by Gasteiger charge is 2.01.